The first-order chi connectivity index (χ1) is 10.9. The number of rotatable bonds is 3. The molecule has 3 rings (SSSR count). The van der Waals surface area contributed by atoms with Crippen LogP contribution in [-0.2, 0) is 4.74 Å². The second-order valence-corrected chi connectivity index (χ2v) is 6.48. The molecule has 2 aromatic carbocycles. The second kappa shape index (κ2) is 5.70. The van der Waals surface area contributed by atoms with Gasteiger partial charge < -0.3 is 10.1 Å². The lowest BCUT2D eigenvalue weighted by Crippen LogP contribution is -2.30. The molecule has 0 spiro atoms. The van der Waals surface area contributed by atoms with Crippen molar-refractivity contribution in [1.82, 2.24) is 0 Å². The van der Waals surface area contributed by atoms with Crippen LogP contribution in [0.1, 0.15) is 31.1 Å². The fourth-order valence-electron chi connectivity index (χ4n) is 2.84. The molecule has 1 aliphatic heterocycles. The van der Waals surface area contributed by atoms with Gasteiger partial charge in [0.15, 0.2) is 6.10 Å². The number of benzene rings is 2. The minimum absolute atomic E-state index is 0.360. The molecule has 1 aliphatic rings. The molecule has 0 bridgehead atoms. The SMILES string of the molecule is CN(C)c1ccc(C2OC(C)(C)[N+]([O-])=C2c2ccccc2)cc1. The molecule has 0 N–H and O–H groups in total. The summed E-state index contributed by atoms with van der Waals surface area (Å²) in [6.45, 7) is 3.61. The lowest BCUT2D eigenvalue weighted by molar-refractivity contribution is -0.582. The van der Waals surface area contributed by atoms with E-state index in [-0.39, 0.29) is 6.10 Å². The van der Waals surface area contributed by atoms with E-state index >= 15 is 0 Å². The molecule has 1 unspecified atom stereocenters. The van der Waals surface area contributed by atoms with Crippen LogP contribution in [0, 0.1) is 5.21 Å². The largest absolute Gasteiger partial charge is 0.621 e. The van der Waals surface area contributed by atoms with Crippen LogP contribution in [0.25, 0.3) is 0 Å². The monoisotopic (exact) mass is 310 g/mol. The van der Waals surface area contributed by atoms with Gasteiger partial charge >= 0.3 is 0 Å². The van der Waals surface area contributed by atoms with Crippen molar-refractivity contribution in [2.24, 2.45) is 0 Å². The molecule has 0 fully saturated rings. The molecule has 23 heavy (non-hydrogen) atoms. The molecule has 0 saturated carbocycles. The highest BCUT2D eigenvalue weighted by Gasteiger charge is 2.46. The first-order valence-corrected chi connectivity index (χ1v) is 7.75. The van der Waals surface area contributed by atoms with Crippen molar-refractivity contribution >= 4 is 11.4 Å². The summed E-state index contributed by atoms with van der Waals surface area (Å²) < 4.78 is 7.07. The number of nitrogens with zero attached hydrogens (tertiary/aromatic N) is 2. The molecule has 120 valence electrons. The molecule has 0 saturated heterocycles. The zero-order valence-corrected chi connectivity index (χ0v) is 14.0. The Bertz CT molecular complexity index is 719. The van der Waals surface area contributed by atoms with Crippen molar-refractivity contribution in [1.29, 1.82) is 0 Å². The Hall–Kier alpha value is -2.33. The number of hydrogen-bond donors (Lipinski definition) is 0. The van der Waals surface area contributed by atoms with E-state index in [4.69, 9.17) is 4.74 Å². The van der Waals surface area contributed by atoms with E-state index in [0.717, 1.165) is 21.6 Å². The number of anilines is 1. The fraction of sp³-hybridized carbons (Fsp3) is 0.316. The molecule has 1 atom stereocenters. The highest BCUT2D eigenvalue weighted by molar-refractivity contribution is 6.01. The summed E-state index contributed by atoms with van der Waals surface area (Å²) in [6, 6.07) is 17.9. The molecule has 0 radical (unpaired) electrons. The molecule has 2 aromatic rings. The predicted octanol–water partition coefficient (Wildman–Crippen LogP) is 3.56. The Kier molecular flexibility index (Phi) is 3.86. The standard InChI is InChI=1S/C19H22N2O2/c1-19(2)21(22)17(14-8-6-5-7-9-14)18(23-19)15-10-12-16(13-11-15)20(3)4/h5-13,18H,1-4H3. The first-order valence-electron chi connectivity index (χ1n) is 7.75. The Balaban J connectivity index is 2.04. The van der Waals surface area contributed by atoms with E-state index in [1.807, 2.05) is 73.6 Å². The third-order valence-corrected chi connectivity index (χ3v) is 4.14. The first kappa shape index (κ1) is 15.6. The summed E-state index contributed by atoms with van der Waals surface area (Å²) in [5, 5.41) is 12.7. The van der Waals surface area contributed by atoms with Crippen molar-refractivity contribution in [3.05, 3.63) is 70.9 Å². The summed E-state index contributed by atoms with van der Waals surface area (Å²) in [4.78, 5) is 2.05. The third-order valence-electron chi connectivity index (χ3n) is 4.14. The van der Waals surface area contributed by atoms with Gasteiger partial charge in [-0.3, -0.25) is 4.74 Å². The van der Waals surface area contributed by atoms with Crippen LogP contribution in [0.2, 0.25) is 0 Å². The average Bonchev–Trinajstić information content (AvgIpc) is 2.78. The van der Waals surface area contributed by atoms with Crippen LogP contribution in [0.3, 0.4) is 0 Å². The maximum Gasteiger partial charge on any atom is 0.272 e. The van der Waals surface area contributed by atoms with Gasteiger partial charge in [0.2, 0.25) is 5.71 Å². The van der Waals surface area contributed by atoms with E-state index in [1.165, 1.54) is 0 Å². The molecule has 0 aromatic heterocycles. The smallest absolute Gasteiger partial charge is 0.272 e. The number of hydrogen-bond acceptors (Lipinski definition) is 3. The normalized spacial score (nSPS) is 19.9. The molecule has 1 heterocycles. The second-order valence-electron chi connectivity index (χ2n) is 6.48. The van der Waals surface area contributed by atoms with E-state index in [1.54, 1.807) is 13.8 Å². The van der Waals surface area contributed by atoms with Crippen molar-refractivity contribution in [2.45, 2.75) is 25.7 Å². The van der Waals surface area contributed by atoms with Gasteiger partial charge in [-0.05, 0) is 29.8 Å². The number of hydroxylamine groups is 1. The van der Waals surface area contributed by atoms with Gasteiger partial charge in [-0.1, -0.05) is 30.3 Å². The van der Waals surface area contributed by atoms with Gasteiger partial charge in [0.1, 0.15) is 0 Å². The van der Waals surface area contributed by atoms with Crippen LogP contribution in [0.4, 0.5) is 5.69 Å². The lowest BCUT2D eigenvalue weighted by atomic mass is 9.99. The van der Waals surface area contributed by atoms with E-state index in [2.05, 4.69) is 0 Å². The van der Waals surface area contributed by atoms with Gasteiger partial charge in [0.25, 0.3) is 5.72 Å². The van der Waals surface area contributed by atoms with Crippen LogP contribution in [-0.4, -0.2) is 30.3 Å². The Morgan fingerprint density at radius 3 is 2.17 bits per heavy atom. The Labute approximate surface area is 137 Å². The maximum absolute atomic E-state index is 12.7. The zero-order valence-electron chi connectivity index (χ0n) is 14.0. The third kappa shape index (κ3) is 2.82. The van der Waals surface area contributed by atoms with E-state index in [9.17, 15) is 5.21 Å². The van der Waals surface area contributed by atoms with Gasteiger partial charge in [-0.2, -0.15) is 4.74 Å². The molecular weight excluding hydrogens is 288 g/mol. The quantitative estimate of drug-likeness (QED) is 0.643. The molecule has 0 amide bonds. The predicted molar refractivity (Wildman–Crippen MR) is 92.9 cm³/mol. The molecule has 4 nitrogen and oxygen atoms in total. The van der Waals surface area contributed by atoms with Gasteiger partial charge in [0, 0.05) is 39.2 Å². The summed E-state index contributed by atoms with van der Waals surface area (Å²) in [5.74, 6) is 0. The van der Waals surface area contributed by atoms with E-state index in [0.29, 0.717) is 5.71 Å². The molecule has 4 heteroatoms. The summed E-state index contributed by atoms with van der Waals surface area (Å²) in [5.41, 5.74) is 2.78. The maximum atomic E-state index is 12.7. The highest BCUT2D eigenvalue weighted by atomic mass is 16.6. The Morgan fingerprint density at radius 1 is 1.00 bits per heavy atom. The Morgan fingerprint density at radius 2 is 1.61 bits per heavy atom. The molecule has 0 aliphatic carbocycles. The fourth-order valence-corrected chi connectivity index (χ4v) is 2.84. The van der Waals surface area contributed by atoms with Gasteiger partial charge in [-0.15, -0.1) is 0 Å². The van der Waals surface area contributed by atoms with Crippen molar-refractivity contribution in [2.75, 3.05) is 19.0 Å². The summed E-state index contributed by atoms with van der Waals surface area (Å²) >= 11 is 0. The topological polar surface area (TPSA) is 38.5 Å². The minimum Gasteiger partial charge on any atom is -0.621 e. The number of ether oxygens (including phenoxy) is 1. The lowest BCUT2D eigenvalue weighted by Gasteiger charge is -2.18. The van der Waals surface area contributed by atoms with Crippen molar-refractivity contribution in [3.8, 4) is 0 Å². The summed E-state index contributed by atoms with van der Waals surface area (Å²) in [7, 11) is 4.01. The highest BCUT2D eigenvalue weighted by Crippen LogP contribution is 2.35. The van der Waals surface area contributed by atoms with Crippen LogP contribution in [0.5, 0.6) is 0 Å². The van der Waals surface area contributed by atoms with Gasteiger partial charge in [-0.25, -0.2) is 0 Å². The average molecular weight is 310 g/mol. The molecular formula is C19H22N2O2. The zero-order chi connectivity index (χ0) is 16.6. The van der Waals surface area contributed by atoms with Crippen LogP contribution >= 0.6 is 0 Å². The van der Waals surface area contributed by atoms with Crippen molar-refractivity contribution < 1.29 is 9.48 Å². The van der Waals surface area contributed by atoms with Gasteiger partial charge in [0.05, 0.1) is 0 Å². The van der Waals surface area contributed by atoms with E-state index < -0.39 is 5.72 Å². The van der Waals surface area contributed by atoms with Crippen LogP contribution < -0.4 is 4.90 Å². The van der Waals surface area contributed by atoms with Crippen LogP contribution in [0.15, 0.2) is 54.6 Å². The minimum atomic E-state index is -0.879. The summed E-state index contributed by atoms with van der Waals surface area (Å²) in [6.07, 6.45) is -0.360. The van der Waals surface area contributed by atoms with Crippen molar-refractivity contribution in [3.63, 3.8) is 0 Å².